The van der Waals surface area contributed by atoms with E-state index in [1.54, 1.807) is 6.07 Å². The van der Waals surface area contributed by atoms with Crippen LogP contribution in [-0.2, 0) is 6.54 Å². The van der Waals surface area contributed by atoms with Gasteiger partial charge in [0.05, 0.1) is 17.9 Å². The number of nitrogens with zero attached hydrogens (tertiary/aromatic N) is 3. The lowest BCUT2D eigenvalue weighted by Gasteiger charge is -2.12. The second kappa shape index (κ2) is 6.67. The summed E-state index contributed by atoms with van der Waals surface area (Å²) in [6.07, 6.45) is 0. The van der Waals surface area contributed by atoms with Crippen molar-refractivity contribution in [2.45, 2.75) is 6.54 Å². The summed E-state index contributed by atoms with van der Waals surface area (Å²) in [5.74, 6) is 0.276. The SMILES string of the molecule is CN(C)CCn1nc(-c2ccccc2)cc1-c1ccccc1O. The fourth-order valence-corrected chi connectivity index (χ4v) is 2.54. The van der Waals surface area contributed by atoms with Gasteiger partial charge in [0.1, 0.15) is 5.75 Å². The lowest BCUT2D eigenvalue weighted by molar-refractivity contribution is 0.374. The minimum absolute atomic E-state index is 0.276. The van der Waals surface area contributed by atoms with Gasteiger partial charge in [0.15, 0.2) is 0 Å². The van der Waals surface area contributed by atoms with E-state index in [9.17, 15) is 5.11 Å². The maximum Gasteiger partial charge on any atom is 0.124 e. The molecule has 3 rings (SSSR count). The van der Waals surface area contributed by atoms with Crippen molar-refractivity contribution in [2.24, 2.45) is 0 Å². The summed E-state index contributed by atoms with van der Waals surface area (Å²) in [5, 5.41) is 14.9. The molecular formula is C19H21N3O. The van der Waals surface area contributed by atoms with Gasteiger partial charge in [-0.15, -0.1) is 0 Å². The van der Waals surface area contributed by atoms with Crippen molar-refractivity contribution in [2.75, 3.05) is 20.6 Å². The third-order valence-electron chi connectivity index (χ3n) is 3.79. The van der Waals surface area contributed by atoms with Crippen molar-refractivity contribution in [3.8, 4) is 28.3 Å². The fraction of sp³-hybridized carbons (Fsp3) is 0.211. The van der Waals surface area contributed by atoms with E-state index in [0.717, 1.165) is 35.6 Å². The Balaban J connectivity index is 2.06. The first-order valence-electron chi connectivity index (χ1n) is 7.71. The molecule has 0 aliphatic rings. The lowest BCUT2D eigenvalue weighted by Crippen LogP contribution is -2.19. The van der Waals surface area contributed by atoms with E-state index in [0.29, 0.717) is 0 Å². The Hall–Kier alpha value is -2.59. The molecule has 118 valence electrons. The molecule has 0 saturated heterocycles. The molecule has 0 aliphatic heterocycles. The van der Waals surface area contributed by atoms with Crippen LogP contribution in [0, 0.1) is 0 Å². The quantitative estimate of drug-likeness (QED) is 0.784. The summed E-state index contributed by atoms with van der Waals surface area (Å²) in [7, 11) is 4.09. The standard InChI is InChI=1S/C19H21N3O/c1-21(2)12-13-22-18(16-10-6-7-11-19(16)23)14-17(20-22)15-8-4-3-5-9-15/h3-11,14,23H,12-13H2,1-2H3. The van der Waals surface area contributed by atoms with Crippen LogP contribution in [0.15, 0.2) is 60.7 Å². The molecule has 4 heteroatoms. The van der Waals surface area contributed by atoms with Crippen molar-refractivity contribution < 1.29 is 5.11 Å². The van der Waals surface area contributed by atoms with Crippen LogP contribution in [0.1, 0.15) is 0 Å². The largest absolute Gasteiger partial charge is 0.507 e. The highest BCUT2D eigenvalue weighted by atomic mass is 16.3. The van der Waals surface area contributed by atoms with Gasteiger partial charge < -0.3 is 10.0 Å². The lowest BCUT2D eigenvalue weighted by atomic mass is 10.1. The molecular weight excluding hydrogens is 286 g/mol. The summed E-state index contributed by atoms with van der Waals surface area (Å²) in [6, 6.07) is 19.5. The summed E-state index contributed by atoms with van der Waals surface area (Å²) in [4.78, 5) is 2.12. The smallest absolute Gasteiger partial charge is 0.124 e. The van der Waals surface area contributed by atoms with E-state index >= 15 is 0 Å². The summed E-state index contributed by atoms with van der Waals surface area (Å²) >= 11 is 0. The molecule has 23 heavy (non-hydrogen) atoms. The third kappa shape index (κ3) is 3.43. The molecule has 1 heterocycles. The molecule has 0 unspecified atom stereocenters. The second-order valence-electron chi connectivity index (χ2n) is 5.82. The van der Waals surface area contributed by atoms with Gasteiger partial charge >= 0.3 is 0 Å². The van der Waals surface area contributed by atoms with Crippen molar-refractivity contribution in [3.05, 3.63) is 60.7 Å². The van der Waals surface area contributed by atoms with Gasteiger partial charge in [-0.05, 0) is 32.3 Å². The molecule has 2 aromatic carbocycles. The van der Waals surface area contributed by atoms with Crippen molar-refractivity contribution >= 4 is 0 Å². The molecule has 0 saturated carbocycles. The van der Waals surface area contributed by atoms with Crippen LogP contribution in [0.5, 0.6) is 5.75 Å². The fourth-order valence-electron chi connectivity index (χ4n) is 2.54. The average Bonchev–Trinajstić information content (AvgIpc) is 2.98. The highest BCUT2D eigenvalue weighted by Gasteiger charge is 2.14. The highest BCUT2D eigenvalue weighted by molar-refractivity contribution is 5.72. The second-order valence-corrected chi connectivity index (χ2v) is 5.82. The van der Waals surface area contributed by atoms with Crippen LogP contribution >= 0.6 is 0 Å². The molecule has 0 spiro atoms. The molecule has 0 fully saturated rings. The van der Waals surface area contributed by atoms with Crippen molar-refractivity contribution in [1.29, 1.82) is 0 Å². The summed E-state index contributed by atoms with van der Waals surface area (Å²) < 4.78 is 1.97. The molecule has 0 bridgehead atoms. The first-order chi connectivity index (χ1) is 11.1. The molecule has 4 nitrogen and oxygen atoms in total. The first-order valence-corrected chi connectivity index (χ1v) is 7.71. The van der Waals surface area contributed by atoms with Gasteiger partial charge in [-0.2, -0.15) is 5.10 Å². The summed E-state index contributed by atoms with van der Waals surface area (Å²) in [6.45, 7) is 1.65. The Morgan fingerprint density at radius 3 is 2.39 bits per heavy atom. The van der Waals surface area contributed by atoms with E-state index in [2.05, 4.69) is 4.90 Å². The number of aromatic hydroxyl groups is 1. The number of para-hydroxylation sites is 1. The molecule has 0 atom stereocenters. The Bertz CT molecular complexity index is 778. The Kier molecular flexibility index (Phi) is 4.44. The highest BCUT2D eigenvalue weighted by Crippen LogP contribution is 2.31. The van der Waals surface area contributed by atoms with Crippen LogP contribution < -0.4 is 0 Å². The topological polar surface area (TPSA) is 41.3 Å². The molecule has 0 aliphatic carbocycles. The van der Waals surface area contributed by atoms with Crippen molar-refractivity contribution in [1.82, 2.24) is 14.7 Å². The van der Waals surface area contributed by atoms with Crippen LogP contribution in [-0.4, -0.2) is 40.4 Å². The predicted octanol–water partition coefficient (Wildman–Crippen LogP) is 3.48. The molecule has 0 amide bonds. The monoisotopic (exact) mass is 307 g/mol. The number of hydrogen-bond acceptors (Lipinski definition) is 3. The van der Waals surface area contributed by atoms with Crippen LogP contribution in [0.3, 0.4) is 0 Å². The van der Waals surface area contributed by atoms with E-state index in [1.165, 1.54) is 0 Å². The zero-order valence-corrected chi connectivity index (χ0v) is 13.5. The minimum Gasteiger partial charge on any atom is -0.507 e. The number of likely N-dealkylation sites (N-methyl/N-ethyl adjacent to an activating group) is 1. The number of rotatable bonds is 5. The van der Waals surface area contributed by atoms with Crippen LogP contribution in [0.4, 0.5) is 0 Å². The first kappa shape index (κ1) is 15.3. The van der Waals surface area contributed by atoms with E-state index in [1.807, 2.05) is 73.4 Å². The Morgan fingerprint density at radius 2 is 1.70 bits per heavy atom. The van der Waals surface area contributed by atoms with E-state index < -0.39 is 0 Å². The number of aromatic nitrogens is 2. The number of benzene rings is 2. The molecule has 0 radical (unpaired) electrons. The number of hydrogen-bond donors (Lipinski definition) is 1. The maximum absolute atomic E-state index is 10.2. The van der Waals surface area contributed by atoms with Gasteiger partial charge in [0.25, 0.3) is 0 Å². The van der Waals surface area contributed by atoms with Crippen LogP contribution in [0.2, 0.25) is 0 Å². The zero-order valence-electron chi connectivity index (χ0n) is 13.5. The van der Waals surface area contributed by atoms with Gasteiger partial charge in [0, 0.05) is 17.7 Å². The minimum atomic E-state index is 0.276. The van der Waals surface area contributed by atoms with Crippen molar-refractivity contribution in [3.63, 3.8) is 0 Å². The van der Waals surface area contributed by atoms with E-state index in [-0.39, 0.29) is 5.75 Å². The number of phenolic OH excluding ortho intramolecular Hbond substituents is 1. The molecule has 1 aromatic heterocycles. The third-order valence-corrected chi connectivity index (χ3v) is 3.79. The van der Waals surface area contributed by atoms with Gasteiger partial charge in [-0.25, -0.2) is 0 Å². The van der Waals surface area contributed by atoms with Crippen LogP contribution in [0.25, 0.3) is 22.5 Å². The number of phenols is 1. The zero-order chi connectivity index (χ0) is 16.2. The van der Waals surface area contributed by atoms with Gasteiger partial charge in [0.2, 0.25) is 0 Å². The molecule has 3 aromatic rings. The predicted molar refractivity (Wildman–Crippen MR) is 93.3 cm³/mol. The summed E-state index contributed by atoms with van der Waals surface area (Å²) in [5.41, 5.74) is 3.74. The molecule has 1 N–H and O–H groups in total. The maximum atomic E-state index is 10.2. The van der Waals surface area contributed by atoms with E-state index in [4.69, 9.17) is 5.10 Å². The van der Waals surface area contributed by atoms with Gasteiger partial charge in [-0.1, -0.05) is 42.5 Å². The Labute approximate surface area is 136 Å². The van der Waals surface area contributed by atoms with Gasteiger partial charge in [-0.3, -0.25) is 4.68 Å². The normalized spacial score (nSPS) is 11.1. The average molecular weight is 307 g/mol. The Morgan fingerprint density at radius 1 is 1.00 bits per heavy atom.